The van der Waals surface area contributed by atoms with Crippen LogP contribution in [0, 0.1) is 0 Å². The van der Waals surface area contributed by atoms with Crippen LogP contribution >= 0.6 is 46.2 Å². The van der Waals surface area contributed by atoms with E-state index in [0.29, 0.717) is 15.3 Å². The number of nitrogens with zero attached hydrogens (tertiary/aromatic N) is 1. The number of thioether (sulfide) groups is 2. The van der Waals surface area contributed by atoms with Gasteiger partial charge in [0, 0.05) is 10.9 Å². The average molecular weight is 405 g/mol. The lowest BCUT2D eigenvalue weighted by Gasteiger charge is -2.21. The Morgan fingerprint density at radius 3 is 2.60 bits per heavy atom. The van der Waals surface area contributed by atoms with E-state index in [-0.39, 0.29) is 5.91 Å². The molecule has 0 atom stereocenters. The van der Waals surface area contributed by atoms with E-state index in [2.05, 4.69) is 22.4 Å². The minimum atomic E-state index is -0.109. The van der Waals surface area contributed by atoms with Gasteiger partial charge in [-0.15, -0.1) is 46.2 Å². The number of hydrogen-bond acceptors (Lipinski definition) is 6. The minimum Gasteiger partial charge on any atom is -0.298 e. The molecule has 0 radical (unpaired) electrons. The number of amides is 1. The van der Waals surface area contributed by atoms with Gasteiger partial charge in [-0.1, -0.05) is 18.2 Å². The number of thiophene rings is 1. The summed E-state index contributed by atoms with van der Waals surface area (Å²) < 4.78 is 0.498. The molecule has 1 amide bonds. The van der Waals surface area contributed by atoms with E-state index in [4.69, 9.17) is 0 Å². The Morgan fingerprint density at radius 1 is 1.08 bits per heavy atom. The molecule has 0 saturated carbocycles. The van der Waals surface area contributed by atoms with E-state index in [1.165, 1.54) is 34.8 Å². The molecule has 0 aliphatic carbocycles. The molecule has 1 aliphatic heterocycles. The Morgan fingerprint density at radius 2 is 1.88 bits per heavy atom. The van der Waals surface area contributed by atoms with Gasteiger partial charge in [-0.3, -0.25) is 10.1 Å². The summed E-state index contributed by atoms with van der Waals surface area (Å²) in [5, 5.41) is 7.54. The maximum Gasteiger partial charge on any atom is 0.257 e. The lowest BCUT2D eigenvalue weighted by molar-refractivity contribution is 0.102. The van der Waals surface area contributed by atoms with Gasteiger partial charge in [0.25, 0.3) is 5.91 Å². The molecule has 3 nitrogen and oxygen atoms in total. The van der Waals surface area contributed by atoms with E-state index in [0.717, 1.165) is 10.6 Å². The van der Waals surface area contributed by atoms with Crippen LogP contribution in [0.15, 0.2) is 47.2 Å². The van der Waals surface area contributed by atoms with Crippen molar-refractivity contribution in [3.63, 3.8) is 0 Å². The van der Waals surface area contributed by atoms with Crippen LogP contribution in [0.3, 0.4) is 0 Å². The van der Waals surface area contributed by atoms with Crippen LogP contribution in [-0.4, -0.2) is 22.4 Å². The molecule has 1 N–H and O–H groups in total. The smallest absolute Gasteiger partial charge is 0.257 e. The Hall–Kier alpha value is -1.28. The van der Waals surface area contributed by atoms with Crippen molar-refractivity contribution < 1.29 is 4.79 Å². The van der Waals surface area contributed by atoms with Crippen molar-refractivity contribution in [3.05, 3.63) is 58.3 Å². The number of carbonyl (C=O) groups excluding carboxylic acids is 1. The Bertz CT molecular complexity index is 836. The maximum absolute atomic E-state index is 12.4. The second-order valence-electron chi connectivity index (χ2n) is 5.52. The number of rotatable bonds is 4. The van der Waals surface area contributed by atoms with E-state index in [9.17, 15) is 4.79 Å². The summed E-state index contributed by atoms with van der Waals surface area (Å²) in [5.74, 6) is 2.33. The topological polar surface area (TPSA) is 42.0 Å². The van der Waals surface area contributed by atoms with Gasteiger partial charge in [0.05, 0.1) is 15.2 Å². The SMILES string of the molecule is O=C(Nc1nc(-c2cccs2)cs1)c1ccc(C2SCCCS2)cc1. The number of nitrogens with one attached hydrogen (secondary N) is 1. The molecule has 7 heteroatoms. The van der Waals surface area contributed by atoms with Crippen LogP contribution in [0.4, 0.5) is 5.13 Å². The number of anilines is 1. The summed E-state index contributed by atoms with van der Waals surface area (Å²) in [4.78, 5) is 18.1. The number of aromatic nitrogens is 1. The fraction of sp³-hybridized carbons (Fsp3) is 0.222. The molecular weight excluding hydrogens is 388 g/mol. The normalized spacial score (nSPS) is 15.2. The number of carbonyl (C=O) groups is 1. The van der Waals surface area contributed by atoms with Crippen molar-refractivity contribution in [1.29, 1.82) is 0 Å². The van der Waals surface area contributed by atoms with Gasteiger partial charge in [-0.2, -0.15) is 0 Å². The molecule has 0 unspecified atom stereocenters. The Balaban J connectivity index is 1.42. The summed E-state index contributed by atoms with van der Waals surface area (Å²) in [7, 11) is 0. The van der Waals surface area contributed by atoms with Gasteiger partial charge >= 0.3 is 0 Å². The van der Waals surface area contributed by atoms with Crippen LogP contribution < -0.4 is 5.32 Å². The predicted octanol–water partition coefficient (Wildman–Crippen LogP) is 5.99. The molecule has 2 aromatic heterocycles. The molecule has 0 spiro atoms. The van der Waals surface area contributed by atoms with Crippen molar-refractivity contribution in [2.24, 2.45) is 0 Å². The first-order valence-electron chi connectivity index (χ1n) is 7.93. The fourth-order valence-corrected chi connectivity index (χ4v) is 6.87. The highest BCUT2D eigenvalue weighted by atomic mass is 32.2. The van der Waals surface area contributed by atoms with Gasteiger partial charge < -0.3 is 0 Å². The van der Waals surface area contributed by atoms with E-state index >= 15 is 0 Å². The first kappa shape index (κ1) is 17.1. The van der Waals surface area contributed by atoms with E-state index < -0.39 is 0 Å². The molecule has 0 bridgehead atoms. The molecular formula is C18H16N2OS4. The Labute approximate surface area is 163 Å². The molecule has 4 rings (SSSR count). The van der Waals surface area contributed by atoms with Crippen LogP contribution in [0.25, 0.3) is 10.6 Å². The zero-order valence-electron chi connectivity index (χ0n) is 13.3. The Kier molecular flexibility index (Phi) is 5.45. The van der Waals surface area contributed by atoms with Crippen LogP contribution in [0.2, 0.25) is 0 Å². The molecule has 1 fully saturated rings. The predicted molar refractivity (Wildman–Crippen MR) is 112 cm³/mol. The summed E-state index contributed by atoms with van der Waals surface area (Å²) in [5.41, 5.74) is 2.87. The van der Waals surface area contributed by atoms with Crippen molar-refractivity contribution >= 4 is 57.2 Å². The molecule has 25 heavy (non-hydrogen) atoms. The molecule has 128 valence electrons. The third-order valence-corrected chi connectivity index (χ3v) is 8.44. The summed E-state index contributed by atoms with van der Waals surface area (Å²) in [6.07, 6.45) is 1.29. The number of thiazole rings is 1. The fourth-order valence-electron chi connectivity index (χ4n) is 2.51. The minimum absolute atomic E-state index is 0.109. The average Bonchev–Trinajstić information content (AvgIpc) is 3.34. The summed E-state index contributed by atoms with van der Waals surface area (Å²) in [6, 6.07) is 12.0. The highest BCUT2D eigenvalue weighted by molar-refractivity contribution is 8.16. The monoisotopic (exact) mass is 404 g/mol. The summed E-state index contributed by atoms with van der Waals surface area (Å²) in [6.45, 7) is 0. The standard InChI is InChI=1S/C18H16N2OS4/c21-16(20-18-19-14(11-25-18)15-3-1-8-22-15)12-4-6-13(7-5-12)17-23-9-2-10-24-17/h1,3-8,11,17H,2,9-10H2,(H,19,20,21). The second kappa shape index (κ2) is 7.95. The second-order valence-corrected chi connectivity index (χ2v) is 10.0. The lowest BCUT2D eigenvalue weighted by atomic mass is 10.1. The van der Waals surface area contributed by atoms with Gasteiger partial charge in [-0.25, -0.2) is 4.98 Å². The maximum atomic E-state index is 12.4. The molecule has 1 aromatic carbocycles. The quantitative estimate of drug-likeness (QED) is 0.580. The molecule has 1 saturated heterocycles. The molecule has 3 aromatic rings. The van der Waals surface area contributed by atoms with Crippen molar-refractivity contribution in [3.8, 4) is 10.6 Å². The van der Waals surface area contributed by atoms with E-state index in [1.807, 2.05) is 58.5 Å². The highest BCUT2D eigenvalue weighted by Gasteiger charge is 2.17. The van der Waals surface area contributed by atoms with Gasteiger partial charge in [-0.05, 0) is 47.1 Å². The van der Waals surface area contributed by atoms with Crippen molar-refractivity contribution in [2.45, 2.75) is 11.0 Å². The zero-order valence-corrected chi connectivity index (χ0v) is 16.6. The van der Waals surface area contributed by atoms with Gasteiger partial charge in [0.1, 0.15) is 0 Å². The zero-order chi connectivity index (χ0) is 17.1. The van der Waals surface area contributed by atoms with Crippen LogP contribution in [0.5, 0.6) is 0 Å². The van der Waals surface area contributed by atoms with Gasteiger partial charge in [0.2, 0.25) is 0 Å². The lowest BCUT2D eigenvalue weighted by Crippen LogP contribution is -2.11. The third kappa shape index (κ3) is 4.11. The largest absolute Gasteiger partial charge is 0.298 e. The van der Waals surface area contributed by atoms with Gasteiger partial charge in [0.15, 0.2) is 5.13 Å². The first-order chi connectivity index (χ1) is 12.3. The number of hydrogen-bond donors (Lipinski definition) is 1. The molecule has 1 aliphatic rings. The summed E-state index contributed by atoms with van der Waals surface area (Å²) >= 11 is 7.08. The third-order valence-electron chi connectivity index (χ3n) is 3.77. The number of benzene rings is 1. The van der Waals surface area contributed by atoms with Crippen LogP contribution in [-0.2, 0) is 0 Å². The highest BCUT2D eigenvalue weighted by Crippen LogP contribution is 2.43. The van der Waals surface area contributed by atoms with E-state index in [1.54, 1.807) is 11.3 Å². The molecule has 3 heterocycles. The van der Waals surface area contributed by atoms with Crippen molar-refractivity contribution in [2.75, 3.05) is 16.8 Å². The van der Waals surface area contributed by atoms with Crippen LogP contribution in [0.1, 0.15) is 26.9 Å². The van der Waals surface area contributed by atoms with Crippen molar-refractivity contribution in [1.82, 2.24) is 4.98 Å². The first-order valence-corrected chi connectivity index (χ1v) is 11.8.